The molecular formula is C22H28N4O5. The standard InChI is InChI=1S/C21H26N4O3.CH2O2/c26-19(18-13-16-5-1-2-10-25(16)22-18)24-11-6-21(7-12-24)14-17(28-20(21)27)15-23-8-3-4-9-23;2-1-3/h1-2,5,10,13,17H,3-4,6-9,11-12,14-15H2;1H,(H,2,3). The van der Waals surface area contributed by atoms with Crippen molar-refractivity contribution in [2.24, 2.45) is 5.41 Å². The Labute approximate surface area is 180 Å². The minimum atomic E-state index is -0.403. The first kappa shape index (κ1) is 21.3. The highest BCUT2D eigenvalue weighted by Crippen LogP contribution is 2.43. The van der Waals surface area contributed by atoms with E-state index in [9.17, 15) is 9.59 Å². The minimum Gasteiger partial charge on any atom is -0.483 e. The lowest BCUT2D eigenvalue weighted by Gasteiger charge is -2.36. The van der Waals surface area contributed by atoms with E-state index < -0.39 is 5.41 Å². The van der Waals surface area contributed by atoms with Gasteiger partial charge in [-0.1, -0.05) is 6.07 Å². The van der Waals surface area contributed by atoms with Gasteiger partial charge < -0.3 is 14.7 Å². The van der Waals surface area contributed by atoms with Gasteiger partial charge in [0.2, 0.25) is 0 Å². The lowest BCUT2D eigenvalue weighted by atomic mass is 9.76. The molecule has 3 aliphatic rings. The van der Waals surface area contributed by atoms with Crippen molar-refractivity contribution in [3.8, 4) is 0 Å². The second kappa shape index (κ2) is 9.05. The summed E-state index contributed by atoms with van der Waals surface area (Å²) in [6.45, 7) is 4.00. The van der Waals surface area contributed by atoms with E-state index in [1.807, 2.05) is 35.4 Å². The number of amides is 1. The molecule has 0 aromatic carbocycles. The normalized spacial score (nSPS) is 22.9. The van der Waals surface area contributed by atoms with Crippen LogP contribution in [0.2, 0.25) is 0 Å². The number of rotatable bonds is 3. The number of carbonyl (C=O) groups is 3. The van der Waals surface area contributed by atoms with Crippen molar-refractivity contribution in [1.82, 2.24) is 19.4 Å². The molecule has 0 saturated carbocycles. The van der Waals surface area contributed by atoms with E-state index in [0.717, 1.165) is 31.6 Å². The Morgan fingerprint density at radius 2 is 1.94 bits per heavy atom. The summed E-state index contributed by atoms with van der Waals surface area (Å²) in [6, 6.07) is 7.58. The number of cyclic esters (lactones) is 1. The predicted octanol–water partition coefficient (Wildman–Crippen LogP) is 1.67. The van der Waals surface area contributed by atoms with Gasteiger partial charge in [-0.25, -0.2) is 4.52 Å². The second-order valence-electron chi connectivity index (χ2n) is 8.52. The topological polar surface area (TPSA) is 104 Å². The van der Waals surface area contributed by atoms with E-state index in [0.29, 0.717) is 31.6 Å². The lowest BCUT2D eigenvalue weighted by molar-refractivity contribution is -0.151. The summed E-state index contributed by atoms with van der Waals surface area (Å²) in [5, 5.41) is 11.3. The largest absolute Gasteiger partial charge is 0.483 e. The van der Waals surface area contributed by atoms with Gasteiger partial charge in [-0.2, -0.15) is 5.10 Å². The van der Waals surface area contributed by atoms with Crippen LogP contribution in [-0.4, -0.2) is 81.7 Å². The van der Waals surface area contributed by atoms with Crippen molar-refractivity contribution in [3.05, 3.63) is 36.2 Å². The van der Waals surface area contributed by atoms with Crippen molar-refractivity contribution in [2.75, 3.05) is 32.7 Å². The molecule has 5 heterocycles. The Balaban J connectivity index is 0.000000730. The molecule has 1 N–H and O–H groups in total. The monoisotopic (exact) mass is 428 g/mol. The summed E-state index contributed by atoms with van der Waals surface area (Å²) in [4.78, 5) is 38.1. The highest BCUT2D eigenvalue weighted by Gasteiger charge is 2.51. The zero-order chi connectivity index (χ0) is 21.8. The van der Waals surface area contributed by atoms with Crippen LogP contribution < -0.4 is 0 Å². The van der Waals surface area contributed by atoms with Crippen LogP contribution in [0.25, 0.3) is 5.52 Å². The maximum absolute atomic E-state index is 12.9. The molecule has 3 saturated heterocycles. The second-order valence-corrected chi connectivity index (χ2v) is 8.52. The van der Waals surface area contributed by atoms with Gasteiger partial charge in [0.15, 0.2) is 5.69 Å². The van der Waals surface area contributed by atoms with E-state index in [4.69, 9.17) is 14.6 Å². The number of hydrogen-bond donors (Lipinski definition) is 1. The number of carbonyl (C=O) groups excluding carboxylic acids is 2. The third-order valence-electron chi connectivity index (χ3n) is 6.58. The van der Waals surface area contributed by atoms with E-state index >= 15 is 0 Å². The van der Waals surface area contributed by atoms with E-state index in [1.54, 1.807) is 4.52 Å². The molecule has 2 aromatic rings. The van der Waals surface area contributed by atoms with Crippen molar-refractivity contribution < 1.29 is 24.2 Å². The maximum atomic E-state index is 12.9. The average molecular weight is 428 g/mol. The summed E-state index contributed by atoms with van der Waals surface area (Å²) in [5.41, 5.74) is 0.964. The fourth-order valence-corrected chi connectivity index (χ4v) is 4.94. The number of esters is 1. The number of carboxylic acid groups (broad SMARTS) is 1. The Bertz CT molecular complexity index is 911. The molecule has 2 aromatic heterocycles. The third-order valence-corrected chi connectivity index (χ3v) is 6.58. The molecule has 9 heteroatoms. The molecule has 1 spiro atoms. The van der Waals surface area contributed by atoms with Gasteiger partial charge in [-0.05, 0) is 57.0 Å². The van der Waals surface area contributed by atoms with Crippen LogP contribution in [0.3, 0.4) is 0 Å². The van der Waals surface area contributed by atoms with Gasteiger partial charge in [0.1, 0.15) is 6.10 Å². The van der Waals surface area contributed by atoms with Crippen LogP contribution in [0.15, 0.2) is 30.5 Å². The van der Waals surface area contributed by atoms with Gasteiger partial charge >= 0.3 is 5.97 Å². The van der Waals surface area contributed by atoms with Crippen LogP contribution in [0.1, 0.15) is 42.6 Å². The van der Waals surface area contributed by atoms with Crippen molar-refractivity contribution >= 4 is 23.9 Å². The van der Waals surface area contributed by atoms with Crippen molar-refractivity contribution in [3.63, 3.8) is 0 Å². The van der Waals surface area contributed by atoms with Crippen molar-refractivity contribution in [1.29, 1.82) is 0 Å². The van der Waals surface area contributed by atoms with Gasteiger partial charge in [-0.15, -0.1) is 0 Å². The summed E-state index contributed by atoms with van der Waals surface area (Å²) in [5.74, 6) is -0.116. The molecule has 1 unspecified atom stereocenters. The molecule has 0 radical (unpaired) electrons. The smallest absolute Gasteiger partial charge is 0.312 e. The number of likely N-dealkylation sites (tertiary alicyclic amines) is 2. The number of aromatic nitrogens is 2. The zero-order valence-corrected chi connectivity index (χ0v) is 17.5. The highest BCUT2D eigenvalue weighted by atomic mass is 16.6. The fraction of sp³-hybridized carbons (Fsp3) is 0.545. The molecule has 0 bridgehead atoms. The van der Waals surface area contributed by atoms with Crippen LogP contribution in [-0.2, 0) is 14.3 Å². The average Bonchev–Trinajstić information content (AvgIpc) is 3.49. The number of piperidine rings is 1. The SMILES string of the molecule is O=C(c1cc2ccccn2n1)N1CCC2(CC1)CC(CN1CCCC1)OC2=O.O=CO. The molecule has 3 aliphatic heterocycles. The molecule has 1 amide bonds. The summed E-state index contributed by atoms with van der Waals surface area (Å²) < 4.78 is 7.46. The molecule has 1 atom stereocenters. The first-order valence-electron chi connectivity index (χ1n) is 10.8. The lowest BCUT2D eigenvalue weighted by Crippen LogP contribution is -2.45. The number of ether oxygens (including phenoxy) is 1. The molecule has 5 rings (SSSR count). The summed E-state index contributed by atoms with van der Waals surface area (Å²) >= 11 is 0. The summed E-state index contributed by atoms with van der Waals surface area (Å²) in [6.07, 6.45) is 6.48. The first-order valence-corrected chi connectivity index (χ1v) is 10.8. The molecule has 31 heavy (non-hydrogen) atoms. The van der Waals surface area contributed by atoms with Gasteiger partial charge in [-0.3, -0.25) is 19.3 Å². The van der Waals surface area contributed by atoms with Crippen LogP contribution >= 0.6 is 0 Å². The van der Waals surface area contributed by atoms with E-state index in [2.05, 4.69) is 10.00 Å². The minimum absolute atomic E-state index is 0.00583. The number of fused-ring (bicyclic) bond motifs is 1. The van der Waals surface area contributed by atoms with Crippen molar-refractivity contribution in [2.45, 2.75) is 38.2 Å². The quantitative estimate of drug-likeness (QED) is 0.586. The Kier molecular flexibility index (Phi) is 6.22. The predicted molar refractivity (Wildman–Crippen MR) is 112 cm³/mol. The van der Waals surface area contributed by atoms with Crippen LogP contribution in [0, 0.1) is 5.41 Å². The number of pyridine rings is 1. The first-order chi connectivity index (χ1) is 15.0. The van der Waals surface area contributed by atoms with E-state index in [1.165, 1.54) is 12.8 Å². The summed E-state index contributed by atoms with van der Waals surface area (Å²) in [7, 11) is 0. The molecule has 0 aliphatic carbocycles. The molecule has 9 nitrogen and oxygen atoms in total. The van der Waals surface area contributed by atoms with Gasteiger partial charge in [0.05, 0.1) is 10.9 Å². The number of nitrogens with zero attached hydrogens (tertiary/aromatic N) is 4. The van der Waals surface area contributed by atoms with Gasteiger partial charge in [0, 0.05) is 32.3 Å². The fourth-order valence-electron chi connectivity index (χ4n) is 4.94. The Hall–Kier alpha value is -2.94. The molecule has 3 fully saturated rings. The molecule has 166 valence electrons. The third kappa shape index (κ3) is 4.41. The maximum Gasteiger partial charge on any atom is 0.312 e. The highest BCUT2D eigenvalue weighted by molar-refractivity contribution is 5.94. The number of hydrogen-bond acceptors (Lipinski definition) is 6. The zero-order valence-electron chi connectivity index (χ0n) is 17.5. The van der Waals surface area contributed by atoms with Crippen LogP contribution in [0.5, 0.6) is 0 Å². The Morgan fingerprint density at radius 3 is 2.61 bits per heavy atom. The molecular weight excluding hydrogens is 400 g/mol. The van der Waals surface area contributed by atoms with E-state index in [-0.39, 0.29) is 24.5 Å². The Morgan fingerprint density at radius 1 is 1.23 bits per heavy atom. The van der Waals surface area contributed by atoms with Crippen LogP contribution in [0.4, 0.5) is 0 Å². The van der Waals surface area contributed by atoms with Gasteiger partial charge in [0.25, 0.3) is 12.4 Å².